The second-order valence-electron chi connectivity index (χ2n) is 5.86. The van der Waals surface area contributed by atoms with Crippen LogP contribution in [0.1, 0.15) is 40.5 Å². The van der Waals surface area contributed by atoms with Crippen molar-refractivity contribution in [2.24, 2.45) is 5.41 Å². The number of ether oxygens (including phenoxy) is 1. The molecule has 1 aromatic rings. The summed E-state index contributed by atoms with van der Waals surface area (Å²) >= 11 is 5.18. The van der Waals surface area contributed by atoms with Gasteiger partial charge in [-0.25, -0.2) is 0 Å². The molecular weight excluding hydrogens is 284 g/mol. The lowest BCUT2D eigenvalue weighted by molar-refractivity contribution is -0.126. The van der Waals surface area contributed by atoms with Crippen LogP contribution in [0, 0.1) is 5.41 Å². The van der Waals surface area contributed by atoms with Gasteiger partial charge in [0.15, 0.2) is 5.11 Å². The summed E-state index contributed by atoms with van der Waals surface area (Å²) < 4.78 is 5.72. The van der Waals surface area contributed by atoms with Crippen molar-refractivity contribution in [3.05, 3.63) is 24.3 Å². The number of carbonyl (C=O) groups excluding carboxylic acids is 1. The number of nitrogens with one attached hydrogen (secondary N) is 2. The van der Waals surface area contributed by atoms with Gasteiger partial charge in [0.2, 0.25) is 5.91 Å². The summed E-state index contributed by atoms with van der Waals surface area (Å²) in [5.74, 6) is 0.614. The quantitative estimate of drug-likeness (QED) is 0.643. The van der Waals surface area contributed by atoms with E-state index in [0.29, 0.717) is 6.61 Å². The maximum absolute atomic E-state index is 11.9. The van der Waals surface area contributed by atoms with Gasteiger partial charge in [0.25, 0.3) is 0 Å². The Bertz CT molecular complexity index is 495. The van der Waals surface area contributed by atoms with Crippen molar-refractivity contribution in [2.45, 2.75) is 40.5 Å². The molecule has 116 valence electrons. The van der Waals surface area contributed by atoms with Crippen LogP contribution in [0.2, 0.25) is 0 Å². The molecule has 1 aromatic carbocycles. The maximum Gasteiger partial charge on any atom is 0.231 e. The molecule has 0 heterocycles. The molecule has 0 aromatic heterocycles. The number of unbranched alkanes of at least 4 members (excludes halogenated alkanes) is 1. The predicted octanol–water partition coefficient (Wildman–Crippen LogP) is 3.72. The zero-order valence-corrected chi connectivity index (χ0v) is 14.0. The largest absolute Gasteiger partial charge is 0.491 e. The first-order valence-corrected chi connectivity index (χ1v) is 7.59. The Labute approximate surface area is 132 Å². The van der Waals surface area contributed by atoms with Crippen LogP contribution in [-0.4, -0.2) is 17.6 Å². The highest BCUT2D eigenvalue weighted by Gasteiger charge is 2.22. The van der Waals surface area contributed by atoms with E-state index in [1.54, 1.807) is 0 Å². The summed E-state index contributed by atoms with van der Waals surface area (Å²) in [6.45, 7) is 8.30. The van der Waals surface area contributed by atoms with E-state index < -0.39 is 5.41 Å². The van der Waals surface area contributed by atoms with Gasteiger partial charge >= 0.3 is 0 Å². The van der Waals surface area contributed by atoms with Gasteiger partial charge in [-0.2, -0.15) is 0 Å². The molecule has 0 spiro atoms. The van der Waals surface area contributed by atoms with Gasteiger partial charge in [0.05, 0.1) is 12.3 Å². The van der Waals surface area contributed by atoms with Crippen LogP contribution in [0.3, 0.4) is 0 Å². The highest BCUT2D eigenvalue weighted by Crippen LogP contribution is 2.24. The molecule has 0 unspecified atom stereocenters. The van der Waals surface area contributed by atoms with Crippen LogP contribution in [0.5, 0.6) is 5.75 Å². The molecule has 4 nitrogen and oxygen atoms in total. The monoisotopic (exact) mass is 308 g/mol. The maximum atomic E-state index is 11.9. The van der Waals surface area contributed by atoms with E-state index in [0.717, 1.165) is 24.3 Å². The van der Waals surface area contributed by atoms with Crippen LogP contribution in [0.15, 0.2) is 24.3 Å². The summed E-state index contributed by atoms with van der Waals surface area (Å²) in [4.78, 5) is 11.9. The lowest BCUT2D eigenvalue weighted by Crippen LogP contribution is -2.41. The second-order valence-corrected chi connectivity index (χ2v) is 6.26. The van der Waals surface area contributed by atoms with Gasteiger partial charge in [-0.15, -0.1) is 0 Å². The Kier molecular flexibility index (Phi) is 6.62. The van der Waals surface area contributed by atoms with Crippen molar-refractivity contribution < 1.29 is 9.53 Å². The fourth-order valence-electron chi connectivity index (χ4n) is 1.47. The molecule has 0 aliphatic rings. The van der Waals surface area contributed by atoms with Crippen molar-refractivity contribution in [3.63, 3.8) is 0 Å². The van der Waals surface area contributed by atoms with Crippen molar-refractivity contribution in [3.8, 4) is 5.75 Å². The van der Waals surface area contributed by atoms with Crippen molar-refractivity contribution >= 4 is 28.9 Å². The number of carbonyl (C=O) groups is 1. The highest BCUT2D eigenvalue weighted by atomic mass is 32.1. The minimum atomic E-state index is -0.483. The molecule has 0 saturated heterocycles. The molecule has 0 atom stereocenters. The Morgan fingerprint density at radius 1 is 1.29 bits per heavy atom. The number of rotatable bonds is 5. The van der Waals surface area contributed by atoms with E-state index in [-0.39, 0.29) is 11.0 Å². The molecule has 1 amide bonds. The summed E-state index contributed by atoms with van der Waals surface area (Å²) in [6.07, 6.45) is 2.08. The first kappa shape index (κ1) is 17.4. The molecular formula is C16H24N2O2S. The number of anilines is 1. The smallest absolute Gasteiger partial charge is 0.231 e. The van der Waals surface area contributed by atoms with E-state index in [9.17, 15) is 4.79 Å². The second kappa shape index (κ2) is 7.98. The molecule has 21 heavy (non-hydrogen) atoms. The Morgan fingerprint density at radius 2 is 1.95 bits per heavy atom. The molecule has 0 saturated carbocycles. The number of benzene rings is 1. The number of amides is 1. The third-order valence-corrected chi connectivity index (χ3v) is 3.00. The summed E-state index contributed by atoms with van der Waals surface area (Å²) in [5.41, 5.74) is 0.274. The molecule has 0 aliphatic heterocycles. The van der Waals surface area contributed by atoms with Crippen LogP contribution in [0.4, 0.5) is 5.69 Å². The van der Waals surface area contributed by atoms with Gasteiger partial charge in [-0.05, 0) is 30.8 Å². The van der Waals surface area contributed by atoms with E-state index >= 15 is 0 Å². The first-order chi connectivity index (χ1) is 9.84. The van der Waals surface area contributed by atoms with Gasteiger partial charge in [0, 0.05) is 5.41 Å². The first-order valence-electron chi connectivity index (χ1n) is 7.19. The molecule has 0 aliphatic carbocycles. The van der Waals surface area contributed by atoms with Gasteiger partial charge < -0.3 is 15.4 Å². The minimum absolute atomic E-state index is 0.121. The van der Waals surface area contributed by atoms with Crippen LogP contribution in [0.25, 0.3) is 0 Å². The molecule has 0 bridgehead atoms. The van der Waals surface area contributed by atoms with Crippen LogP contribution >= 0.6 is 12.2 Å². The zero-order valence-electron chi connectivity index (χ0n) is 13.2. The molecule has 2 N–H and O–H groups in total. The molecule has 0 fully saturated rings. The SMILES string of the molecule is CCCCOc1ccccc1NC(=S)NC(=O)C(C)(C)C. The van der Waals surface area contributed by atoms with E-state index in [1.165, 1.54) is 0 Å². The molecule has 0 radical (unpaired) electrons. The summed E-state index contributed by atoms with van der Waals surface area (Å²) in [6, 6.07) is 7.55. The van der Waals surface area contributed by atoms with E-state index in [1.807, 2.05) is 45.0 Å². The standard InChI is InChI=1S/C16H24N2O2S/c1-5-6-11-20-13-10-8-7-9-12(13)17-15(21)18-14(19)16(2,3)4/h7-10H,5-6,11H2,1-4H3,(H2,17,18,19,21). The van der Waals surface area contributed by atoms with Crippen LogP contribution < -0.4 is 15.4 Å². The minimum Gasteiger partial charge on any atom is -0.491 e. The topological polar surface area (TPSA) is 50.4 Å². The Hall–Kier alpha value is -1.62. The average molecular weight is 308 g/mol. The number of para-hydroxylation sites is 2. The lowest BCUT2D eigenvalue weighted by Gasteiger charge is -2.19. The lowest BCUT2D eigenvalue weighted by atomic mass is 9.96. The predicted molar refractivity (Wildman–Crippen MR) is 90.7 cm³/mol. The van der Waals surface area contributed by atoms with Crippen molar-refractivity contribution in [2.75, 3.05) is 11.9 Å². The Balaban J connectivity index is 2.65. The Morgan fingerprint density at radius 3 is 2.57 bits per heavy atom. The summed E-state index contributed by atoms with van der Waals surface area (Å²) in [7, 11) is 0. The molecule has 1 rings (SSSR count). The summed E-state index contributed by atoms with van der Waals surface area (Å²) in [5, 5.41) is 5.98. The van der Waals surface area contributed by atoms with Crippen molar-refractivity contribution in [1.82, 2.24) is 5.32 Å². The zero-order chi connectivity index (χ0) is 15.9. The van der Waals surface area contributed by atoms with E-state index in [4.69, 9.17) is 17.0 Å². The average Bonchev–Trinajstić information content (AvgIpc) is 2.39. The fraction of sp³-hybridized carbons (Fsp3) is 0.500. The van der Waals surface area contributed by atoms with Gasteiger partial charge in [-0.3, -0.25) is 4.79 Å². The fourth-order valence-corrected chi connectivity index (χ4v) is 1.67. The third-order valence-electron chi connectivity index (χ3n) is 2.80. The molecule has 5 heteroatoms. The van der Waals surface area contributed by atoms with Gasteiger partial charge in [0.1, 0.15) is 5.75 Å². The highest BCUT2D eigenvalue weighted by molar-refractivity contribution is 7.80. The van der Waals surface area contributed by atoms with Crippen molar-refractivity contribution in [1.29, 1.82) is 0 Å². The normalized spacial score (nSPS) is 10.9. The van der Waals surface area contributed by atoms with Crippen LogP contribution in [-0.2, 0) is 4.79 Å². The third kappa shape index (κ3) is 6.12. The van der Waals surface area contributed by atoms with E-state index in [2.05, 4.69) is 17.6 Å². The number of thiocarbonyl (C=S) groups is 1. The number of hydrogen-bond acceptors (Lipinski definition) is 3. The van der Waals surface area contributed by atoms with Gasteiger partial charge in [-0.1, -0.05) is 46.2 Å². The number of hydrogen-bond donors (Lipinski definition) is 2.